The average Bonchev–Trinajstić information content (AvgIpc) is 2.49. The Morgan fingerprint density at radius 1 is 1.29 bits per heavy atom. The third-order valence-electron chi connectivity index (χ3n) is 4.42. The number of aryl methyl sites for hydroxylation is 1. The quantitative estimate of drug-likeness (QED) is 0.875. The lowest BCUT2D eigenvalue weighted by molar-refractivity contribution is 0.0696. The van der Waals surface area contributed by atoms with Crippen LogP contribution in [-0.4, -0.2) is 28.9 Å². The molecule has 4 nitrogen and oxygen atoms in total. The summed E-state index contributed by atoms with van der Waals surface area (Å²) in [6.45, 7) is 5.63. The molecular weight excluding hydrogens is 264 g/mol. The molecule has 110 valence electrons. The maximum Gasteiger partial charge on any atom is 0.259 e. The number of aromatic amines is 1. The largest absolute Gasteiger partial charge is 0.360 e. The van der Waals surface area contributed by atoms with Gasteiger partial charge in [-0.15, -0.1) is 0 Å². The first kappa shape index (κ1) is 13.9. The molecule has 2 aromatic rings. The summed E-state index contributed by atoms with van der Waals surface area (Å²) in [7, 11) is 0. The summed E-state index contributed by atoms with van der Waals surface area (Å²) in [4.78, 5) is 30.0. The standard InChI is InChI=1S/C17H20N2O2/c1-11-6-8-19(9-7-11)17(21)14-10-18-15-12(2)4-3-5-13(15)16(14)20/h3-5,10-11H,6-9H2,1-2H3,(H,18,20). The smallest absolute Gasteiger partial charge is 0.259 e. The SMILES string of the molecule is Cc1cccc2c(=O)c(C(=O)N3CCC(C)CC3)c[nH]c12. The van der Waals surface area contributed by atoms with Gasteiger partial charge in [-0.1, -0.05) is 19.1 Å². The number of carbonyl (C=O) groups is 1. The summed E-state index contributed by atoms with van der Waals surface area (Å²) >= 11 is 0. The molecule has 2 heterocycles. The van der Waals surface area contributed by atoms with E-state index < -0.39 is 0 Å². The van der Waals surface area contributed by atoms with Crippen molar-refractivity contribution in [3.05, 3.63) is 45.7 Å². The third-order valence-corrected chi connectivity index (χ3v) is 4.42. The molecule has 1 saturated heterocycles. The molecule has 1 fully saturated rings. The predicted octanol–water partition coefficient (Wildman–Crippen LogP) is 2.71. The first-order chi connectivity index (χ1) is 10.1. The fraction of sp³-hybridized carbons (Fsp3) is 0.412. The maximum atomic E-state index is 12.6. The van der Waals surface area contributed by atoms with Crippen molar-refractivity contribution in [3.63, 3.8) is 0 Å². The van der Waals surface area contributed by atoms with Crippen molar-refractivity contribution in [2.75, 3.05) is 13.1 Å². The number of likely N-dealkylation sites (tertiary alicyclic amines) is 1. The summed E-state index contributed by atoms with van der Waals surface area (Å²) in [6, 6.07) is 5.58. The molecule has 1 aromatic heterocycles. The lowest BCUT2D eigenvalue weighted by atomic mass is 9.98. The summed E-state index contributed by atoms with van der Waals surface area (Å²) in [5.74, 6) is 0.512. The minimum Gasteiger partial charge on any atom is -0.360 e. The Bertz CT molecular complexity index is 740. The molecule has 21 heavy (non-hydrogen) atoms. The second-order valence-corrected chi connectivity index (χ2v) is 6.00. The van der Waals surface area contributed by atoms with Gasteiger partial charge in [-0.3, -0.25) is 9.59 Å². The molecule has 0 spiro atoms. The number of para-hydroxylation sites is 1. The zero-order valence-corrected chi connectivity index (χ0v) is 12.5. The molecule has 1 aliphatic heterocycles. The van der Waals surface area contributed by atoms with Crippen LogP contribution in [0.2, 0.25) is 0 Å². The van der Waals surface area contributed by atoms with E-state index in [0.717, 1.165) is 37.0 Å². The second-order valence-electron chi connectivity index (χ2n) is 6.00. The maximum absolute atomic E-state index is 12.6. The number of hydrogen-bond acceptors (Lipinski definition) is 2. The van der Waals surface area contributed by atoms with E-state index in [1.807, 2.05) is 19.1 Å². The van der Waals surface area contributed by atoms with Crippen molar-refractivity contribution in [2.24, 2.45) is 5.92 Å². The Morgan fingerprint density at radius 3 is 2.71 bits per heavy atom. The number of benzene rings is 1. The first-order valence-electron chi connectivity index (χ1n) is 7.48. The highest BCUT2D eigenvalue weighted by Crippen LogP contribution is 2.18. The van der Waals surface area contributed by atoms with Crippen molar-refractivity contribution in [2.45, 2.75) is 26.7 Å². The monoisotopic (exact) mass is 284 g/mol. The van der Waals surface area contributed by atoms with E-state index in [2.05, 4.69) is 11.9 Å². The van der Waals surface area contributed by atoms with Gasteiger partial charge in [0.25, 0.3) is 5.91 Å². The number of fused-ring (bicyclic) bond motifs is 1. The lowest BCUT2D eigenvalue weighted by Crippen LogP contribution is -2.39. The minimum atomic E-state index is -0.170. The van der Waals surface area contributed by atoms with Crippen LogP contribution in [0.25, 0.3) is 10.9 Å². The van der Waals surface area contributed by atoms with Crippen LogP contribution in [0, 0.1) is 12.8 Å². The Morgan fingerprint density at radius 2 is 2.00 bits per heavy atom. The Labute approximate surface area is 123 Å². The number of nitrogens with zero attached hydrogens (tertiary/aromatic N) is 1. The summed E-state index contributed by atoms with van der Waals surface area (Å²) in [6.07, 6.45) is 3.59. The van der Waals surface area contributed by atoms with Crippen molar-refractivity contribution in [1.82, 2.24) is 9.88 Å². The molecule has 0 atom stereocenters. The minimum absolute atomic E-state index is 0.147. The number of nitrogens with one attached hydrogen (secondary N) is 1. The summed E-state index contributed by atoms with van der Waals surface area (Å²) in [5, 5.41) is 0.589. The number of rotatable bonds is 1. The van der Waals surface area contributed by atoms with Gasteiger partial charge >= 0.3 is 0 Å². The van der Waals surface area contributed by atoms with Crippen LogP contribution in [0.15, 0.2) is 29.2 Å². The third kappa shape index (κ3) is 2.46. The highest BCUT2D eigenvalue weighted by atomic mass is 16.2. The van der Waals surface area contributed by atoms with Crippen molar-refractivity contribution in [3.8, 4) is 0 Å². The molecule has 1 aromatic carbocycles. The van der Waals surface area contributed by atoms with Crippen molar-refractivity contribution >= 4 is 16.8 Å². The van der Waals surface area contributed by atoms with Crippen LogP contribution in [0.3, 0.4) is 0 Å². The average molecular weight is 284 g/mol. The summed E-state index contributed by atoms with van der Waals surface area (Å²) < 4.78 is 0. The molecule has 0 saturated carbocycles. The van der Waals surface area contributed by atoms with E-state index in [4.69, 9.17) is 0 Å². The zero-order chi connectivity index (χ0) is 15.0. The molecule has 3 rings (SSSR count). The van der Waals surface area contributed by atoms with Gasteiger partial charge < -0.3 is 9.88 Å². The van der Waals surface area contributed by atoms with Crippen LogP contribution in [-0.2, 0) is 0 Å². The molecule has 1 aliphatic rings. The van der Waals surface area contributed by atoms with E-state index in [-0.39, 0.29) is 16.9 Å². The number of hydrogen-bond donors (Lipinski definition) is 1. The van der Waals surface area contributed by atoms with Crippen molar-refractivity contribution < 1.29 is 4.79 Å². The van der Waals surface area contributed by atoms with E-state index in [0.29, 0.717) is 11.3 Å². The second kappa shape index (κ2) is 5.35. The molecule has 0 unspecified atom stereocenters. The fourth-order valence-corrected chi connectivity index (χ4v) is 2.94. The van der Waals surface area contributed by atoms with Gasteiger partial charge in [-0.05, 0) is 37.3 Å². The van der Waals surface area contributed by atoms with Crippen LogP contribution in [0.1, 0.15) is 35.7 Å². The van der Waals surface area contributed by atoms with Crippen LogP contribution in [0.5, 0.6) is 0 Å². The van der Waals surface area contributed by atoms with Gasteiger partial charge in [0.15, 0.2) is 0 Å². The molecule has 0 bridgehead atoms. The number of H-pyrrole nitrogens is 1. The zero-order valence-electron chi connectivity index (χ0n) is 12.5. The number of piperidine rings is 1. The molecule has 1 amide bonds. The van der Waals surface area contributed by atoms with Gasteiger partial charge in [-0.25, -0.2) is 0 Å². The normalized spacial score (nSPS) is 16.4. The van der Waals surface area contributed by atoms with E-state index in [9.17, 15) is 9.59 Å². The van der Waals surface area contributed by atoms with Gasteiger partial charge in [0, 0.05) is 24.7 Å². The van der Waals surface area contributed by atoms with Gasteiger partial charge in [0.1, 0.15) is 5.56 Å². The van der Waals surface area contributed by atoms with Crippen LogP contribution >= 0.6 is 0 Å². The molecular formula is C17H20N2O2. The Kier molecular flexibility index (Phi) is 3.53. The number of pyridine rings is 1. The van der Waals surface area contributed by atoms with Crippen molar-refractivity contribution in [1.29, 1.82) is 0 Å². The van der Waals surface area contributed by atoms with Crippen LogP contribution in [0.4, 0.5) is 0 Å². The predicted molar refractivity (Wildman–Crippen MR) is 83.6 cm³/mol. The summed E-state index contributed by atoms with van der Waals surface area (Å²) in [5.41, 5.74) is 1.90. The Balaban J connectivity index is 1.99. The van der Waals surface area contributed by atoms with Gasteiger partial charge in [0.05, 0.1) is 5.52 Å². The number of aromatic nitrogens is 1. The number of carbonyl (C=O) groups excluding carboxylic acids is 1. The lowest BCUT2D eigenvalue weighted by Gasteiger charge is -2.30. The van der Waals surface area contributed by atoms with Gasteiger partial charge in [-0.2, -0.15) is 0 Å². The molecule has 1 N–H and O–H groups in total. The highest BCUT2D eigenvalue weighted by molar-refractivity contribution is 5.97. The van der Waals surface area contributed by atoms with E-state index in [1.54, 1.807) is 17.2 Å². The molecule has 4 heteroatoms. The van der Waals surface area contributed by atoms with E-state index >= 15 is 0 Å². The van der Waals surface area contributed by atoms with E-state index in [1.165, 1.54) is 0 Å². The first-order valence-corrected chi connectivity index (χ1v) is 7.48. The van der Waals surface area contributed by atoms with Crippen LogP contribution < -0.4 is 5.43 Å². The topological polar surface area (TPSA) is 53.2 Å². The number of amides is 1. The van der Waals surface area contributed by atoms with Gasteiger partial charge in [0.2, 0.25) is 5.43 Å². The molecule has 0 aliphatic carbocycles. The fourth-order valence-electron chi connectivity index (χ4n) is 2.94. The highest BCUT2D eigenvalue weighted by Gasteiger charge is 2.23. The molecule has 0 radical (unpaired) electrons. The Hall–Kier alpha value is -2.10.